The molecule has 4 N–H and O–H groups in total. The Morgan fingerprint density at radius 3 is 2.43 bits per heavy atom. The fraction of sp³-hybridized carbons (Fsp3) is 0.133. The molecule has 0 unspecified atom stereocenters. The molecule has 0 aliphatic carbocycles. The van der Waals surface area contributed by atoms with Gasteiger partial charge in [-0.05, 0) is 36.2 Å². The fourth-order valence-electron chi connectivity index (χ4n) is 1.91. The minimum absolute atomic E-state index is 0.120. The maximum atomic E-state index is 13.6. The van der Waals surface area contributed by atoms with Crippen molar-refractivity contribution in [2.24, 2.45) is 5.84 Å². The number of rotatable bonds is 4. The molecular formula is C15H15F2N3O. The van der Waals surface area contributed by atoms with E-state index in [4.69, 9.17) is 5.84 Å². The molecule has 0 radical (unpaired) electrons. The van der Waals surface area contributed by atoms with Crippen molar-refractivity contribution < 1.29 is 13.6 Å². The Morgan fingerprint density at radius 2 is 1.86 bits per heavy atom. The lowest BCUT2D eigenvalue weighted by atomic mass is 10.1. The van der Waals surface area contributed by atoms with Crippen LogP contribution >= 0.6 is 0 Å². The van der Waals surface area contributed by atoms with E-state index in [1.807, 2.05) is 18.4 Å². The molecule has 0 saturated carbocycles. The third kappa shape index (κ3) is 3.35. The molecule has 2 aromatic carbocycles. The van der Waals surface area contributed by atoms with E-state index in [0.717, 1.165) is 24.1 Å². The first kappa shape index (κ1) is 14.9. The van der Waals surface area contributed by atoms with Crippen molar-refractivity contribution in [3.8, 4) is 0 Å². The van der Waals surface area contributed by atoms with E-state index < -0.39 is 23.2 Å². The molecular weight excluding hydrogens is 276 g/mol. The van der Waals surface area contributed by atoms with E-state index in [-0.39, 0.29) is 5.56 Å². The van der Waals surface area contributed by atoms with E-state index in [1.165, 1.54) is 0 Å². The number of hydrogen-bond acceptors (Lipinski definition) is 3. The molecule has 0 bridgehead atoms. The summed E-state index contributed by atoms with van der Waals surface area (Å²) < 4.78 is 27.1. The van der Waals surface area contributed by atoms with Crippen LogP contribution < -0.4 is 16.6 Å². The van der Waals surface area contributed by atoms with Gasteiger partial charge in [-0.15, -0.1) is 0 Å². The Hall–Kier alpha value is -2.47. The predicted molar refractivity (Wildman–Crippen MR) is 77.9 cm³/mol. The van der Waals surface area contributed by atoms with Crippen molar-refractivity contribution in [2.75, 3.05) is 10.7 Å². The van der Waals surface area contributed by atoms with Crippen LogP contribution in [0.3, 0.4) is 0 Å². The Bertz CT molecular complexity index is 651. The average Bonchev–Trinajstić information content (AvgIpc) is 2.47. The predicted octanol–water partition coefficient (Wildman–Crippen LogP) is 3.07. The molecule has 2 aromatic rings. The highest BCUT2D eigenvalue weighted by atomic mass is 19.1. The van der Waals surface area contributed by atoms with Crippen molar-refractivity contribution in [1.82, 2.24) is 0 Å². The highest BCUT2D eigenvalue weighted by Gasteiger charge is 2.14. The van der Waals surface area contributed by atoms with Gasteiger partial charge < -0.3 is 10.7 Å². The summed E-state index contributed by atoms with van der Waals surface area (Å²) in [5.41, 5.74) is 2.94. The smallest absolute Gasteiger partial charge is 0.255 e. The van der Waals surface area contributed by atoms with Gasteiger partial charge in [-0.2, -0.15) is 0 Å². The normalized spacial score (nSPS) is 10.3. The number of carbonyl (C=O) groups excluding carboxylic acids is 1. The van der Waals surface area contributed by atoms with Crippen LogP contribution in [-0.4, -0.2) is 5.91 Å². The summed E-state index contributed by atoms with van der Waals surface area (Å²) >= 11 is 0. The molecule has 0 heterocycles. The zero-order valence-electron chi connectivity index (χ0n) is 11.4. The molecule has 0 aliphatic heterocycles. The van der Waals surface area contributed by atoms with Gasteiger partial charge >= 0.3 is 0 Å². The molecule has 110 valence electrons. The maximum Gasteiger partial charge on any atom is 0.255 e. The van der Waals surface area contributed by atoms with Crippen LogP contribution in [0.1, 0.15) is 22.8 Å². The molecule has 2 rings (SSSR count). The summed E-state index contributed by atoms with van der Waals surface area (Å²) in [6.07, 6.45) is 0.823. The van der Waals surface area contributed by atoms with Crippen molar-refractivity contribution in [2.45, 2.75) is 13.3 Å². The zero-order valence-corrected chi connectivity index (χ0v) is 11.4. The number of carbonyl (C=O) groups is 1. The van der Waals surface area contributed by atoms with Gasteiger partial charge in [0.05, 0.1) is 0 Å². The third-order valence-corrected chi connectivity index (χ3v) is 3.04. The van der Waals surface area contributed by atoms with Crippen molar-refractivity contribution in [1.29, 1.82) is 0 Å². The molecule has 1 amide bonds. The number of halogens is 2. The first-order valence-electron chi connectivity index (χ1n) is 6.41. The average molecular weight is 291 g/mol. The largest absolute Gasteiger partial charge is 0.322 e. The molecule has 0 aliphatic rings. The summed E-state index contributed by atoms with van der Waals surface area (Å²) in [7, 11) is 0. The standard InChI is InChI=1S/C15H15F2N3O/c1-2-9-4-3-5-11(6-9)19-15(21)10-7-12(16)14(20-18)13(17)8-10/h3-8,20H,2,18H2,1H3,(H,19,21). The lowest BCUT2D eigenvalue weighted by molar-refractivity contribution is 0.102. The second-order valence-corrected chi connectivity index (χ2v) is 4.47. The monoisotopic (exact) mass is 291 g/mol. The lowest BCUT2D eigenvalue weighted by Gasteiger charge is -2.09. The summed E-state index contributed by atoms with van der Waals surface area (Å²) in [5, 5.41) is 2.60. The van der Waals surface area contributed by atoms with Gasteiger partial charge in [-0.3, -0.25) is 10.6 Å². The van der Waals surface area contributed by atoms with Crippen LogP contribution in [0, 0.1) is 11.6 Å². The summed E-state index contributed by atoms with van der Waals surface area (Å²) in [6, 6.07) is 9.10. The molecule has 0 fully saturated rings. The quantitative estimate of drug-likeness (QED) is 0.599. The van der Waals surface area contributed by atoms with E-state index >= 15 is 0 Å². The zero-order chi connectivity index (χ0) is 15.4. The highest BCUT2D eigenvalue weighted by Crippen LogP contribution is 2.20. The van der Waals surface area contributed by atoms with Crippen LogP contribution in [0.15, 0.2) is 36.4 Å². The van der Waals surface area contributed by atoms with Crippen molar-refractivity contribution in [3.63, 3.8) is 0 Å². The van der Waals surface area contributed by atoms with E-state index in [2.05, 4.69) is 5.32 Å². The summed E-state index contributed by atoms with van der Waals surface area (Å²) in [5.74, 6) is 2.56. The third-order valence-electron chi connectivity index (χ3n) is 3.04. The van der Waals surface area contributed by atoms with Gasteiger partial charge in [0.2, 0.25) is 0 Å². The van der Waals surface area contributed by atoms with Gasteiger partial charge in [-0.1, -0.05) is 19.1 Å². The van der Waals surface area contributed by atoms with Crippen LogP contribution in [0.25, 0.3) is 0 Å². The second kappa shape index (κ2) is 6.32. The summed E-state index contributed by atoms with van der Waals surface area (Å²) in [4.78, 5) is 12.0. The topological polar surface area (TPSA) is 67.2 Å². The van der Waals surface area contributed by atoms with Crippen LogP contribution in [0.5, 0.6) is 0 Å². The molecule has 6 heteroatoms. The molecule has 0 saturated heterocycles. The number of amides is 1. The number of nitrogens with one attached hydrogen (secondary N) is 2. The molecule has 4 nitrogen and oxygen atoms in total. The summed E-state index contributed by atoms with van der Waals surface area (Å²) in [6.45, 7) is 1.99. The number of nitrogen functional groups attached to an aromatic ring is 1. The van der Waals surface area contributed by atoms with Crippen LogP contribution in [0.2, 0.25) is 0 Å². The van der Waals surface area contributed by atoms with Gasteiger partial charge in [0.25, 0.3) is 5.91 Å². The molecule has 0 spiro atoms. The van der Waals surface area contributed by atoms with E-state index in [9.17, 15) is 13.6 Å². The van der Waals surface area contributed by atoms with Gasteiger partial charge in [0.15, 0.2) is 11.6 Å². The van der Waals surface area contributed by atoms with Gasteiger partial charge in [0, 0.05) is 11.3 Å². The number of hydrogen-bond donors (Lipinski definition) is 3. The number of nitrogens with two attached hydrogens (primary N) is 1. The fourth-order valence-corrected chi connectivity index (χ4v) is 1.91. The molecule has 21 heavy (non-hydrogen) atoms. The number of anilines is 2. The Labute approximate surface area is 120 Å². The van der Waals surface area contributed by atoms with Gasteiger partial charge in [-0.25, -0.2) is 8.78 Å². The van der Waals surface area contributed by atoms with Gasteiger partial charge in [0.1, 0.15) is 5.69 Å². The molecule has 0 aromatic heterocycles. The van der Waals surface area contributed by atoms with Crippen LogP contribution in [-0.2, 0) is 6.42 Å². The Morgan fingerprint density at radius 1 is 1.19 bits per heavy atom. The molecule has 0 atom stereocenters. The van der Waals surface area contributed by atoms with E-state index in [1.54, 1.807) is 18.2 Å². The second-order valence-electron chi connectivity index (χ2n) is 4.47. The number of hydrazine groups is 1. The SMILES string of the molecule is CCc1cccc(NC(=O)c2cc(F)c(NN)c(F)c2)c1. The van der Waals surface area contributed by atoms with E-state index in [0.29, 0.717) is 5.69 Å². The lowest BCUT2D eigenvalue weighted by Crippen LogP contribution is -2.15. The maximum absolute atomic E-state index is 13.6. The Kier molecular flexibility index (Phi) is 4.49. The van der Waals surface area contributed by atoms with Crippen molar-refractivity contribution in [3.05, 3.63) is 59.2 Å². The first-order chi connectivity index (χ1) is 10.0. The van der Waals surface area contributed by atoms with Crippen molar-refractivity contribution >= 4 is 17.3 Å². The Balaban J connectivity index is 2.24. The van der Waals surface area contributed by atoms with Crippen LogP contribution in [0.4, 0.5) is 20.2 Å². The minimum atomic E-state index is -0.926. The highest BCUT2D eigenvalue weighted by molar-refractivity contribution is 6.04. The number of benzene rings is 2. The number of aryl methyl sites for hydroxylation is 1. The first-order valence-corrected chi connectivity index (χ1v) is 6.41. The minimum Gasteiger partial charge on any atom is -0.322 e.